The second kappa shape index (κ2) is 8.32. The molecule has 0 unspecified atom stereocenters. The summed E-state index contributed by atoms with van der Waals surface area (Å²) in [5, 5.41) is 6.20. The van der Waals surface area contributed by atoms with Crippen molar-refractivity contribution >= 4 is 11.9 Å². The molecule has 2 N–H and O–H groups in total. The third-order valence-electron chi connectivity index (χ3n) is 5.33. The first-order valence-electron chi connectivity index (χ1n) is 9.39. The minimum absolute atomic E-state index is 0.00779. The lowest BCUT2D eigenvalue weighted by Crippen LogP contribution is -2.50. The molecule has 1 aliphatic heterocycles. The standard InChI is InChI=1S/C19H28N4O2/c1-14(15-8-10-20-11-9-15)21-18(24)16-5-4-12-23(13-16)19(25)22-17-6-2-3-7-17/h8-11,14,16-17H,2-7,12-13H2,1H3,(H,21,24)(H,22,25)/t14-,16-/m1/s1. The normalized spacial score (nSPS) is 22.4. The number of nitrogens with one attached hydrogen (secondary N) is 2. The Morgan fingerprint density at radius 3 is 2.60 bits per heavy atom. The predicted molar refractivity (Wildman–Crippen MR) is 95.9 cm³/mol. The molecular weight excluding hydrogens is 316 g/mol. The lowest BCUT2D eigenvalue weighted by atomic mass is 9.96. The molecule has 0 bridgehead atoms. The molecular formula is C19H28N4O2. The van der Waals surface area contributed by atoms with Gasteiger partial charge in [0.1, 0.15) is 0 Å². The number of aromatic nitrogens is 1. The molecule has 0 aromatic carbocycles. The molecule has 2 heterocycles. The maximum Gasteiger partial charge on any atom is 0.317 e. The van der Waals surface area contributed by atoms with Crippen LogP contribution in [0.1, 0.15) is 57.1 Å². The quantitative estimate of drug-likeness (QED) is 0.882. The van der Waals surface area contributed by atoms with Gasteiger partial charge in [-0.2, -0.15) is 0 Å². The van der Waals surface area contributed by atoms with E-state index in [0.717, 1.165) is 37.8 Å². The smallest absolute Gasteiger partial charge is 0.317 e. The van der Waals surface area contributed by atoms with Gasteiger partial charge in [0.15, 0.2) is 0 Å². The monoisotopic (exact) mass is 344 g/mol. The molecule has 2 fully saturated rings. The van der Waals surface area contributed by atoms with Gasteiger partial charge in [0.05, 0.1) is 12.0 Å². The predicted octanol–water partition coefficient (Wildman–Crippen LogP) is 2.62. The molecule has 1 aromatic heterocycles. The van der Waals surface area contributed by atoms with Crippen molar-refractivity contribution in [3.8, 4) is 0 Å². The van der Waals surface area contributed by atoms with E-state index in [9.17, 15) is 9.59 Å². The maximum atomic E-state index is 12.6. The van der Waals surface area contributed by atoms with Crippen LogP contribution in [0.15, 0.2) is 24.5 Å². The first kappa shape index (κ1) is 17.7. The lowest BCUT2D eigenvalue weighted by molar-refractivity contribution is -0.126. The Morgan fingerprint density at radius 2 is 1.88 bits per heavy atom. The Balaban J connectivity index is 1.51. The van der Waals surface area contributed by atoms with Gasteiger partial charge in [-0.25, -0.2) is 4.79 Å². The topological polar surface area (TPSA) is 74.3 Å². The summed E-state index contributed by atoms with van der Waals surface area (Å²) in [4.78, 5) is 30.9. The van der Waals surface area contributed by atoms with E-state index in [1.54, 1.807) is 12.4 Å². The Morgan fingerprint density at radius 1 is 1.16 bits per heavy atom. The van der Waals surface area contributed by atoms with Gasteiger partial charge < -0.3 is 15.5 Å². The zero-order chi connectivity index (χ0) is 17.6. The molecule has 1 saturated carbocycles. The van der Waals surface area contributed by atoms with Crippen molar-refractivity contribution in [2.75, 3.05) is 13.1 Å². The summed E-state index contributed by atoms with van der Waals surface area (Å²) in [6.07, 6.45) is 9.72. The van der Waals surface area contributed by atoms with Crippen molar-refractivity contribution < 1.29 is 9.59 Å². The zero-order valence-corrected chi connectivity index (χ0v) is 14.9. The molecule has 136 valence electrons. The van der Waals surface area contributed by atoms with Crippen molar-refractivity contribution in [1.29, 1.82) is 0 Å². The Hall–Kier alpha value is -2.11. The maximum absolute atomic E-state index is 12.6. The molecule has 0 radical (unpaired) electrons. The van der Waals surface area contributed by atoms with Crippen LogP contribution in [0.3, 0.4) is 0 Å². The van der Waals surface area contributed by atoms with Crippen LogP contribution in [-0.2, 0) is 4.79 Å². The minimum atomic E-state index is -0.132. The highest BCUT2D eigenvalue weighted by Gasteiger charge is 2.30. The average Bonchev–Trinajstić information content (AvgIpc) is 3.15. The third-order valence-corrected chi connectivity index (χ3v) is 5.33. The van der Waals surface area contributed by atoms with Crippen molar-refractivity contribution in [3.05, 3.63) is 30.1 Å². The van der Waals surface area contributed by atoms with Gasteiger partial charge in [-0.3, -0.25) is 9.78 Å². The molecule has 25 heavy (non-hydrogen) atoms. The van der Waals surface area contributed by atoms with Crippen LogP contribution in [0.4, 0.5) is 4.79 Å². The van der Waals surface area contributed by atoms with E-state index < -0.39 is 0 Å². The Labute approximate surface area is 149 Å². The molecule has 3 amide bonds. The van der Waals surface area contributed by atoms with E-state index >= 15 is 0 Å². The van der Waals surface area contributed by atoms with E-state index in [4.69, 9.17) is 0 Å². The van der Waals surface area contributed by atoms with Crippen molar-refractivity contribution in [2.45, 2.75) is 57.5 Å². The number of hydrogen-bond acceptors (Lipinski definition) is 3. The molecule has 2 aliphatic rings. The van der Waals surface area contributed by atoms with Gasteiger partial charge in [0.2, 0.25) is 5.91 Å². The molecule has 1 aliphatic carbocycles. The van der Waals surface area contributed by atoms with E-state index in [-0.39, 0.29) is 23.9 Å². The highest BCUT2D eigenvalue weighted by atomic mass is 16.2. The number of piperidine rings is 1. The van der Waals surface area contributed by atoms with Crippen molar-refractivity contribution in [2.24, 2.45) is 5.92 Å². The first-order chi connectivity index (χ1) is 12.1. The number of nitrogens with zero attached hydrogens (tertiary/aromatic N) is 2. The average molecular weight is 344 g/mol. The van der Waals surface area contributed by atoms with Gasteiger partial charge >= 0.3 is 6.03 Å². The number of amides is 3. The van der Waals surface area contributed by atoms with E-state index in [1.165, 1.54) is 12.8 Å². The van der Waals surface area contributed by atoms with Gasteiger partial charge in [-0.15, -0.1) is 0 Å². The summed E-state index contributed by atoms with van der Waals surface area (Å²) >= 11 is 0. The number of likely N-dealkylation sites (tertiary alicyclic amines) is 1. The third kappa shape index (κ3) is 4.71. The van der Waals surface area contributed by atoms with Crippen LogP contribution in [0, 0.1) is 5.92 Å². The van der Waals surface area contributed by atoms with Crippen LogP contribution in [0.25, 0.3) is 0 Å². The summed E-state index contributed by atoms with van der Waals surface area (Å²) in [7, 11) is 0. The second-order valence-corrected chi connectivity index (χ2v) is 7.23. The largest absolute Gasteiger partial charge is 0.349 e. The molecule has 2 atom stereocenters. The minimum Gasteiger partial charge on any atom is -0.349 e. The fourth-order valence-electron chi connectivity index (χ4n) is 3.78. The lowest BCUT2D eigenvalue weighted by Gasteiger charge is -2.33. The van der Waals surface area contributed by atoms with Crippen molar-refractivity contribution in [3.63, 3.8) is 0 Å². The highest BCUT2D eigenvalue weighted by molar-refractivity contribution is 5.81. The van der Waals surface area contributed by atoms with E-state index in [0.29, 0.717) is 12.6 Å². The van der Waals surface area contributed by atoms with Gasteiger partial charge in [0.25, 0.3) is 0 Å². The van der Waals surface area contributed by atoms with Crippen molar-refractivity contribution in [1.82, 2.24) is 20.5 Å². The molecule has 1 aromatic rings. The van der Waals surface area contributed by atoms with Crippen LogP contribution >= 0.6 is 0 Å². The second-order valence-electron chi connectivity index (χ2n) is 7.23. The summed E-state index contributed by atoms with van der Waals surface area (Å²) in [6, 6.07) is 4.07. The number of hydrogen-bond donors (Lipinski definition) is 2. The number of rotatable bonds is 4. The van der Waals surface area contributed by atoms with Gasteiger partial charge in [-0.05, 0) is 50.3 Å². The fraction of sp³-hybridized carbons (Fsp3) is 0.632. The first-order valence-corrected chi connectivity index (χ1v) is 9.39. The molecule has 1 saturated heterocycles. The van der Waals surface area contributed by atoms with Crippen LogP contribution in [0.5, 0.6) is 0 Å². The van der Waals surface area contributed by atoms with Gasteiger partial charge in [-0.1, -0.05) is 12.8 Å². The Bertz CT molecular complexity index is 586. The van der Waals surface area contributed by atoms with E-state index in [1.807, 2.05) is 24.0 Å². The van der Waals surface area contributed by atoms with Crippen LogP contribution in [-0.4, -0.2) is 41.0 Å². The van der Waals surface area contributed by atoms with Gasteiger partial charge in [0, 0.05) is 31.5 Å². The molecule has 6 nitrogen and oxygen atoms in total. The summed E-state index contributed by atoms with van der Waals surface area (Å²) in [5.74, 6) is -0.102. The SMILES string of the molecule is C[C@@H](NC(=O)[C@@H]1CCCN(C(=O)NC2CCCC2)C1)c1ccncc1. The highest BCUT2D eigenvalue weighted by Crippen LogP contribution is 2.21. The molecule has 0 spiro atoms. The molecule has 6 heteroatoms. The summed E-state index contributed by atoms with van der Waals surface area (Å²) < 4.78 is 0. The zero-order valence-electron chi connectivity index (χ0n) is 14.9. The summed E-state index contributed by atoms with van der Waals surface area (Å²) in [6.45, 7) is 3.22. The number of carbonyl (C=O) groups excluding carboxylic acids is 2. The number of carbonyl (C=O) groups is 2. The van der Waals surface area contributed by atoms with Crippen LogP contribution < -0.4 is 10.6 Å². The number of urea groups is 1. The van der Waals surface area contributed by atoms with E-state index in [2.05, 4.69) is 15.6 Å². The molecule has 3 rings (SSSR count). The Kier molecular flexibility index (Phi) is 5.89. The van der Waals surface area contributed by atoms with Crippen LogP contribution in [0.2, 0.25) is 0 Å². The fourth-order valence-corrected chi connectivity index (χ4v) is 3.78. The summed E-state index contributed by atoms with van der Waals surface area (Å²) in [5.41, 5.74) is 1.04. The number of pyridine rings is 1.